The molecular formula is C25H33ClF2N4O4. The number of halogens is 3. The van der Waals surface area contributed by atoms with Gasteiger partial charge in [0.2, 0.25) is 5.91 Å². The van der Waals surface area contributed by atoms with Gasteiger partial charge in [0.1, 0.15) is 12.2 Å². The zero-order chi connectivity index (χ0) is 25.3. The topological polar surface area (TPSA) is 97.9 Å². The Labute approximate surface area is 215 Å². The SMILES string of the molecule is COC(=O)Cn1c(C(=O)N2CCN(C(=O)C(N)C3CCCCC3)CC2C)cc2cc(F)c(F)cc21.Cl. The number of amides is 2. The van der Waals surface area contributed by atoms with Gasteiger partial charge in [0.25, 0.3) is 5.91 Å². The largest absolute Gasteiger partial charge is 0.468 e. The van der Waals surface area contributed by atoms with Crippen LogP contribution in [0.25, 0.3) is 10.9 Å². The maximum absolute atomic E-state index is 13.9. The lowest BCUT2D eigenvalue weighted by Gasteiger charge is -2.41. The number of fused-ring (bicyclic) bond motifs is 1. The lowest BCUT2D eigenvalue weighted by atomic mass is 9.83. The van der Waals surface area contributed by atoms with Crippen LogP contribution in [0.4, 0.5) is 8.78 Å². The average molecular weight is 527 g/mol. The fourth-order valence-corrected chi connectivity index (χ4v) is 5.31. The molecule has 2 N–H and O–H groups in total. The van der Waals surface area contributed by atoms with Crippen molar-refractivity contribution in [3.05, 3.63) is 35.5 Å². The molecule has 36 heavy (non-hydrogen) atoms. The molecule has 2 atom stereocenters. The molecule has 2 heterocycles. The van der Waals surface area contributed by atoms with Crippen LogP contribution in [-0.2, 0) is 20.9 Å². The molecule has 2 aliphatic rings. The first-order chi connectivity index (χ1) is 16.7. The molecule has 2 fully saturated rings. The van der Waals surface area contributed by atoms with Crippen LogP contribution in [0.1, 0.15) is 49.5 Å². The van der Waals surface area contributed by atoms with E-state index in [1.807, 2.05) is 6.92 Å². The van der Waals surface area contributed by atoms with Crippen LogP contribution >= 0.6 is 12.4 Å². The van der Waals surface area contributed by atoms with Gasteiger partial charge in [-0.2, -0.15) is 0 Å². The fraction of sp³-hybridized carbons (Fsp3) is 0.560. The van der Waals surface area contributed by atoms with E-state index in [9.17, 15) is 23.2 Å². The van der Waals surface area contributed by atoms with Gasteiger partial charge < -0.3 is 24.8 Å². The third-order valence-corrected chi connectivity index (χ3v) is 7.32. The first kappa shape index (κ1) is 27.9. The van der Waals surface area contributed by atoms with Crippen LogP contribution in [0.15, 0.2) is 18.2 Å². The van der Waals surface area contributed by atoms with E-state index in [1.54, 1.807) is 9.80 Å². The highest BCUT2D eigenvalue weighted by atomic mass is 35.5. The Bertz CT molecular complexity index is 1130. The minimum Gasteiger partial charge on any atom is -0.468 e. The minimum absolute atomic E-state index is 0. The Morgan fingerprint density at radius 3 is 2.39 bits per heavy atom. The van der Waals surface area contributed by atoms with Crippen molar-refractivity contribution in [2.75, 3.05) is 26.7 Å². The molecule has 1 aromatic carbocycles. The Morgan fingerprint density at radius 1 is 1.08 bits per heavy atom. The second kappa shape index (κ2) is 11.6. The number of ether oxygens (including phenoxy) is 1. The van der Waals surface area contributed by atoms with Crippen molar-refractivity contribution in [2.24, 2.45) is 11.7 Å². The number of nitrogens with two attached hydrogens (primary N) is 1. The first-order valence-electron chi connectivity index (χ1n) is 12.1. The fourth-order valence-electron chi connectivity index (χ4n) is 5.31. The highest BCUT2D eigenvalue weighted by molar-refractivity contribution is 5.99. The first-order valence-corrected chi connectivity index (χ1v) is 12.1. The highest BCUT2D eigenvalue weighted by Crippen LogP contribution is 2.28. The smallest absolute Gasteiger partial charge is 0.325 e. The number of carbonyl (C=O) groups excluding carboxylic acids is 3. The summed E-state index contributed by atoms with van der Waals surface area (Å²) in [5.41, 5.74) is 6.67. The van der Waals surface area contributed by atoms with E-state index in [2.05, 4.69) is 0 Å². The lowest BCUT2D eigenvalue weighted by molar-refractivity contribution is -0.141. The molecule has 1 aliphatic carbocycles. The van der Waals surface area contributed by atoms with Gasteiger partial charge in [0, 0.05) is 37.1 Å². The molecular weight excluding hydrogens is 494 g/mol. The third-order valence-electron chi connectivity index (χ3n) is 7.32. The molecule has 1 saturated heterocycles. The maximum atomic E-state index is 13.9. The van der Waals surface area contributed by atoms with Crippen LogP contribution in [0.3, 0.4) is 0 Å². The van der Waals surface area contributed by atoms with Gasteiger partial charge in [-0.15, -0.1) is 12.4 Å². The summed E-state index contributed by atoms with van der Waals surface area (Å²) in [5, 5.41) is 0.302. The molecule has 0 spiro atoms. The Morgan fingerprint density at radius 2 is 1.75 bits per heavy atom. The maximum Gasteiger partial charge on any atom is 0.325 e. The molecule has 0 radical (unpaired) electrons. The van der Waals surface area contributed by atoms with Crippen LogP contribution in [0, 0.1) is 17.6 Å². The summed E-state index contributed by atoms with van der Waals surface area (Å²) in [7, 11) is 1.21. The molecule has 1 saturated carbocycles. The Kier molecular flexibility index (Phi) is 8.94. The highest BCUT2D eigenvalue weighted by Gasteiger charge is 2.36. The molecule has 2 aromatic rings. The second-order valence-electron chi connectivity index (χ2n) is 9.57. The normalized spacial score (nSPS) is 19.6. The number of benzene rings is 1. The van der Waals surface area contributed by atoms with E-state index in [0.29, 0.717) is 18.5 Å². The van der Waals surface area contributed by atoms with Crippen molar-refractivity contribution in [1.29, 1.82) is 0 Å². The number of carbonyl (C=O) groups is 3. The molecule has 0 bridgehead atoms. The van der Waals surface area contributed by atoms with Gasteiger partial charge in [-0.3, -0.25) is 14.4 Å². The lowest BCUT2D eigenvalue weighted by Crippen LogP contribution is -2.59. The van der Waals surface area contributed by atoms with Crippen molar-refractivity contribution in [3.8, 4) is 0 Å². The molecule has 2 amide bonds. The minimum atomic E-state index is -1.07. The monoisotopic (exact) mass is 526 g/mol. The predicted molar refractivity (Wildman–Crippen MR) is 133 cm³/mol. The van der Waals surface area contributed by atoms with Crippen molar-refractivity contribution in [3.63, 3.8) is 0 Å². The average Bonchev–Trinajstić information content (AvgIpc) is 3.20. The number of aromatic nitrogens is 1. The summed E-state index contributed by atoms with van der Waals surface area (Å²) in [6.07, 6.45) is 5.30. The van der Waals surface area contributed by atoms with E-state index in [1.165, 1.54) is 24.2 Å². The summed E-state index contributed by atoms with van der Waals surface area (Å²) >= 11 is 0. The molecule has 4 rings (SSSR count). The zero-order valence-electron chi connectivity index (χ0n) is 20.5. The Hall–Kier alpha value is -2.72. The summed E-state index contributed by atoms with van der Waals surface area (Å²) in [4.78, 5) is 41.9. The molecule has 11 heteroatoms. The number of rotatable bonds is 5. The number of hydrogen-bond acceptors (Lipinski definition) is 5. The van der Waals surface area contributed by atoms with Crippen LogP contribution in [-0.4, -0.2) is 71.0 Å². The van der Waals surface area contributed by atoms with E-state index < -0.39 is 23.6 Å². The molecule has 1 aromatic heterocycles. The van der Waals surface area contributed by atoms with Crippen LogP contribution in [0.2, 0.25) is 0 Å². The van der Waals surface area contributed by atoms with E-state index >= 15 is 0 Å². The number of methoxy groups -OCH3 is 1. The van der Waals surface area contributed by atoms with Gasteiger partial charge in [-0.25, -0.2) is 8.78 Å². The van der Waals surface area contributed by atoms with Gasteiger partial charge in [0.15, 0.2) is 11.6 Å². The van der Waals surface area contributed by atoms with Gasteiger partial charge in [-0.1, -0.05) is 19.3 Å². The van der Waals surface area contributed by atoms with E-state index in [4.69, 9.17) is 10.5 Å². The summed E-state index contributed by atoms with van der Waals surface area (Å²) < 4.78 is 33.9. The van der Waals surface area contributed by atoms with Crippen molar-refractivity contribution in [2.45, 2.75) is 57.7 Å². The quantitative estimate of drug-likeness (QED) is 0.604. The molecule has 8 nitrogen and oxygen atoms in total. The molecule has 2 unspecified atom stereocenters. The van der Waals surface area contributed by atoms with Crippen LogP contribution in [0.5, 0.6) is 0 Å². The summed E-state index contributed by atoms with van der Waals surface area (Å²) in [6, 6.07) is 2.58. The zero-order valence-corrected chi connectivity index (χ0v) is 21.4. The van der Waals surface area contributed by atoms with Gasteiger partial charge >= 0.3 is 5.97 Å². The van der Waals surface area contributed by atoms with E-state index in [0.717, 1.165) is 37.8 Å². The number of piperazine rings is 1. The van der Waals surface area contributed by atoms with E-state index in [-0.39, 0.29) is 60.5 Å². The predicted octanol–water partition coefficient (Wildman–Crippen LogP) is 3.09. The third kappa shape index (κ3) is 5.49. The van der Waals surface area contributed by atoms with Crippen molar-refractivity contribution in [1.82, 2.24) is 14.4 Å². The molecule has 198 valence electrons. The van der Waals surface area contributed by atoms with Gasteiger partial charge in [-0.05, 0) is 37.8 Å². The number of nitrogens with zero attached hydrogens (tertiary/aromatic N) is 3. The second-order valence-corrected chi connectivity index (χ2v) is 9.57. The van der Waals surface area contributed by atoms with Gasteiger partial charge in [0.05, 0.1) is 18.7 Å². The van der Waals surface area contributed by atoms with Crippen molar-refractivity contribution >= 4 is 41.1 Å². The van der Waals surface area contributed by atoms with Crippen molar-refractivity contribution < 1.29 is 27.9 Å². The van der Waals surface area contributed by atoms with Crippen LogP contribution < -0.4 is 5.73 Å². The summed E-state index contributed by atoms with van der Waals surface area (Å²) in [5.74, 6) is -3.01. The number of hydrogen-bond donors (Lipinski definition) is 1. The summed E-state index contributed by atoms with van der Waals surface area (Å²) in [6.45, 7) is 2.48. The molecule has 1 aliphatic heterocycles. The number of esters is 1. The standard InChI is InChI=1S/C25H32F2N4O4.ClH/c1-15-13-29(25(34)23(28)16-6-4-3-5-7-16)8-9-30(15)24(33)21-11-17-10-18(26)19(27)12-20(17)31(21)14-22(32)35-2;/h10-12,15-16,23H,3-9,13-14,28H2,1-2H3;1H. The Balaban J connectivity index is 0.00000361.